The summed E-state index contributed by atoms with van der Waals surface area (Å²) >= 11 is 0. The Kier molecular flexibility index (Phi) is 7.23. The van der Waals surface area contributed by atoms with Crippen molar-refractivity contribution in [2.75, 3.05) is 31.6 Å². The summed E-state index contributed by atoms with van der Waals surface area (Å²) in [5, 5.41) is 10.7. The molecule has 0 amide bonds. The van der Waals surface area contributed by atoms with Crippen LogP contribution in [0.4, 0.5) is 19.1 Å². The van der Waals surface area contributed by atoms with Crippen LogP contribution in [0, 0.1) is 0 Å². The monoisotopic (exact) mass is 463 g/mol. The largest absolute Gasteiger partial charge is 0.494 e. The van der Waals surface area contributed by atoms with Crippen LogP contribution in [-0.2, 0) is 19.5 Å². The van der Waals surface area contributed by atoms with E-state index in [1.165, 1.54) is 0 Å². The highest BCUT2D eigenvalue weighted by molar-refractivity contribution is 5.32. The number of hydrogen-bond acceptors (Lipinski definition) is 8. The summed E-state index contributed by atoms with van der Waals surface area (Å²) in [6.45, 7) is 1.72. The summed E-state index contributed by atoms with van der Waals surface area (Å²) < 4.78 is 50.2. The van der Waals surface area contributed by atoms with Gasteiger partial charge in [0.25, 0.3) is 0 Å². The molecule has 9 nitrogen and oxygen atoms in total. The van der Waals surface area contributed by atoms with E-state index < -0.39 is 12.8 Å². The van der Waals surface area contributed by atoms with Gasteiger partial charge in [-0.05, 0) is 36.2 Å². The first kappa shape index (κ1) is 22.8. The van der Waals surface area contributed by atoms with E-state index in [1.54, 1.807) is 10.9 Å². The first-order valence-corrected chi connectivity index (χ1v) is 10.6. The molecule has 2 aromatic heterocycles. The van der Waals surface area contributed by atoms with E-state index >= 15 is 0 Å². The maximum absolute atomic E-state index is 12.6. The molecule has 2 aliphatic heterocycles. The van der Waals surface area contributed by atoms with Gasteiger partial charge >= 0.3 is 12.2 Å². The van der Waals surface area contributed by atoms with Crippen LogP contribution in [0.5, 0.6) is 11.8 Å². The van der Waals surface area contributed by atoms with Crippen molar-refractivity contribution in [3.05, 3.63) is 53.6 Å². The zero-order valence-corrected chi connectivity index (χ0v) is 17.8. The van der Waals surface area contributed by atoms with Gasteiger partial charge in [0, 0.05) is 25.7 Å². The number of alkyl halides is 3. The number of aromatic nitrogens is 5. The molecule has 4 heterocycles. The second-order valence-electron chi connectivity index (χ2n) is 7.50. The maximum Gasteiger partial charge on any atom is 0.422 e. The quantitative estimate of drug-likeness (QED) is 0.599. The number of hydrogen-bond donors (Lipinski definition) is 2. The van der Waals surface area contributed by atoms with E-state index in [1.807, 2.05) is 30.5 Å². The Bertz CT molecular complexity index is 1040. The molecule has 2 N–H and O–H groups in total. The SMILES string of the molecule is FC(F)(F)COc1nc2nc(n1)NCc1ccc(cc1)OCCCNCCn1cc(cn1)C2. The van der Waals surface area contributed by atoms with Crippen LogP contribution in [0.2, 0.25) is 0 Å². The van der Waals surface area contributed by atoms with E-state index in [-0.39, 0.29) is 24.2 Å². The third-order valence-corrected chi connectivity index (χ3v) is 4.73. The minimum atomic E-state index is -4.50. The summed E-state index contributed by atoms with van der Waals surface area (Å²) in [5.41, 5.74) is 1.76. The van der Waals surface area contributed by atoms with Crippen LogP contribution >= 0.6 is 0 Å². The number of ether oxygens (including phenoxy) is 2. The fourth-order valence-electron chi connectivity index (χ4n) is 3.16. The minimum absolute atomic E-state index is 0.128. The normalized spacial score (nSPS) is 15.4. The Hall–Kier alpha value is -3.41. The molecule has 12 heteroatoms. The van der Waals surface area contributed by atoms with Crippen LogP contribution in [0.1, 0.15) is 23.4 Å². The summed E-state index contributed by atoms with van der Waals surface area (Å²) in [6.07, 6.45) is 0.202. The van der Waals surface area contributed by atoms with Crippen molar-refractivity contribution in [3.8, 4) is 11.8 Å². The second kappa shape index (κ2) is 10.5. The standard InChI is InChI=1S/C21H24F3N7O2/c22-21(23,24)14-33-20-29-18-10-16-12-27-31(13-16)8-7-25-6-1-9-32-17-4-2-15(3-5-17)11-26-19(28-18)30-20/h2-5,12-13,25H,1,6-11,14H2,(H,26,28,29,30). The van der Waals surface area contributed by atoms with Crippen molar-refractivity contribution in [3.63, 3.8) is 0 Å². The van der Waals surface area contributed by atoms with Crippen molar-refractivity contribution in [2.24, 2.45) is 0 Å². The van der Waals surface area contributed by atoms with E-state index in [4.69, 9.17) is 9.47 Å². The summed E-state index contributed by atoms with van der Waals surface area (Å²) in [7, 11) is 0. The van der Waals surface area contributed by atoms with E-state index in [0.29, 0.717) is 19.7 Å². The van der Waals surface area contributed by atoms with E-state index in [2.05, 4.69) is 30.7 Å². The first-order chi connectivity index (χ1) is 15.9. The van der Waals surface area contributed by atoms with Gasteiger partial charge < -0.3 is 20.1 Å². The van der Waals surface area contributed by atoms with Crippen LogP contribution in [0.25, 0.3) is 0 Å². The van der Waals surface area contributed by atoms with Crippen LogP contribution in [0.3, 0.4) is 0 Å². The fraction of sp³-hybridized carbons (Fsp3) is 0.429. The van der Waals surface area contributed by atoms with Crippen LogP contribution < -0.4 is 20.1 Å². The lowest BCUT2D eigenvalue weighted by Gasteiger charge is -2.12. The van der Waals surface area contributed by atoms with Crippen molar-refractivity contribution in [2.45, 2.75) is 32.1 Å². The van der Waals surface area contributed by atoms with Crippen molar-refractivity contribution in [1.29, 1.82) is 0 Å². The molecule has 0 saturated carbocycles. The Morgan fingerprint density at radius 2 is 1.91 bits per heavy atom. The highest BCUT2D eigenvalue weighted by atomic mass is 19.4. The molecule has 6 bridgehead atoms. The number of rotatable bonds is 2. The van der Waals surface area contributed by atoms with Gasteiger partial charge in [0.05, 0.1) is 19.3 Å². The molecule has 2 aliphatic rings. The molecule has 0 saturated heterocycles. The number of nitrogens with zero attached hydrogens (tertiary/aromatic N) is 5. The van der Waals surface area contributed by atoms with Crippen LogP contribution in [-0.4, -0.2) is 57.2 Å². The second-order valence-corrected chi connectivity index (χ2v) is 7.50. The lowest BCUT2D eigenvalue weighted by molar-refractivity contribution is -0.154. The Labute approximate surface area is 188 Å². The molecule has 176 valence electrons. The van der Waals surface area contributed by atoms with Gasteiger partial charge in [-0.1, -0.05) is 12.1 Å². The molecular formula is C21H24F3N7O2. The molecule has 3 aromatic rings. The summed E-state index contributed by atoms with van der Waals surface area (Å²) in [5.74, 6) is 1.17. The summed E-state index contributed by atoms with van der Waals surface area (Å²) in [6, 6.07) is 7.15. The molecule has 0 spiro atoms. The third-order valence-electron chi connectivity index (χ3n) is 4.73. The van der Waals surface area contributed by atoms with Gasteiger partial charge in [0.1, 0.15) is 11.6 Å². The number of benzene rings is 1. The Balaban J connectivity index is 1.56. The molecule has 33 heavy (non-hydrogen) atoms. The number of halogens is 3. The van der Waals surface area contributed by atoms with Gasteiger partial charge in [0.2, 0.25) is 5.95 Å². The smallest absolute Gasteiger partial charge is 0.422 e. The van der Waals surface area contributed by atoms with Crippen molar-refractivity contribution < 1.29 is 22.6 Å². The fourth-order valence-corrected chi connectivity index (χ4v) is 3.16. The molecule has 0 radical (unpaired) electrons. The number of nitrogens with one attached hydrogen (secondary N) is 2. The van der Waals surface area contributed by atoms with Gasteiger partial charge in [-0.15, -0.1) is 0 Å². The van der Waals surface area contributed by atoms with Gasteiger partial charge in [-0.25, -0.2) is 0 Å². The summed E-state index contributed by atoms with van der Waals surface area (Å²) in [4.78, 5) is 12.4. The average molecular weight is 463 g/mol. The minimum Gasteiger partial charge on any atom is -0.494 e. The molecule has 1 aromatic carbocycles. The molecule has 0 unspecified atom stereocenters. The zero-order chi connectivity index (χ0) is 23.1. The zero-order valence-electron chi connectivity index (χ0n) is 17.8. The highest BCUT2D eigenvalue weighted by Crippen LogP contribution is 2.18. The predicted octanol–water partition coefficient (Wildman–Crippen LogP) is 2.58. The third kappa shape index (κ3) is 7.31. The first-order valence-electron chi connectivity index (χ1n) is 10.6. The lowest BCUT2D eigenvalue weighted by atomic mass is 10.2. The Morgan fingerprint density at radius 1 is 1.06 bits per heavy atom. The molecule has 0 aliphatic carbocycles. The lowest BCUT2D eigenvalue weighted by Crippen LogP contribution is -2.22. The molecule has 0 fully saturated rings. The van der Waals surface area contributed by atoms with Gasteiger partial charge in [-0.3, -0.25) is 4.68 Å². The topological polar surface area (TPSA) is 99.0 Å². The molecular weight excluding hydrogens is 439 g/mol. The Morgan fingerprint density at radius 3 is 2.73 bits per heavy atom. The van der Waals surface area contributed by atoms with Crippen molar-refractivity contribution >= 4 is 5.95 Å². The number of fused-ring (bicyclic) bond motifs is 9. The molecule has 5 rings (SSSR count). The van der Waals surface area contributed by atoms with Crippen molar-refractivity contribution in [1.82, 2.24) is 30.0 Å². The maximum atomic E-state index is 12.6. The van der Waals surface area contributed by atoms with Crippen LogP contribution in [0.15, 0.2) is 36.7 Å². The average Bonchev–Trinajstić information content (AvgIpc) is 3.22. The predicted molar refractivity (Wildman–Crippen MR) is 113 cm³/mol. The van der Waals surface area contributed by atoms with E-state index in [0.717, 1.165) is 36.4 Å². The van der Waals surface area contributed by atoms with E-state index in [9.17, 15) is 13.2 Å². The molecule has 0 atom stereocenters. The highest BCUT2D eigenvalue weighted by Gasteiger charge is 2.29. The van der Waals surface area contributed by atoms with Gasteiger partial charge in [0.15, 0.2) is 6.61 Å². The number of anilines is 1. The van der Waals surface area contributed by atoms with Gasteiger partial charge in [-0.2, -0.15) is 33.2 Å².